The molecule has 0 aliphatic carbocycles. The van der Waals surface area contributed by atoms with Crippen molar-refractivity contribution in [3.05, 3.63) is 96.5 Å². The van der Waals surface area contributed by atoms with E-state index >= 15 is 0 Å². The summed E-state index contributed by atoms with van der Waals surface area (Å²) in [5, 5.41) is 15.0. The smallest absolute Gasteiger partial charge is 0.0647 e. The maximum Gasteiger partial charge on any atom is 0.0647 e. The Morgan fingerprint density at radius 2 is 1.90 bits per heavy atom. The normalized spacial score (nSPS) is 12.9. The third kappa shape index (κ3) is 7.08. The van der Waals surface area contributed by atoms with E-state index in [0.717, 1.165) is 27.9 Å². The Morgan fingerprint density at radius 1 is 1.10 bits per heavy atom. The monoisotopic (exact) mass is 433 g/mol. The van der Waals surface area contributed by atoms with E-state index in [9.17, 15) is 4.21 Å². The number of rotatable bonds is 10. The first-order valence-electron chi connectivity index (χ1n) is 9.95. The lowest BCUT2D eigenvalue weighted by Crippen LogP contribution is -2.15. The van der Waals surface area contributed by atoms with Crippen molar-refractivity contribution in [3.63, 3.8) is 0 Å². The first-order chi connectivity index (χ1) is 14.9. The van der Waals surface area contributed by atoms with Gasteiger partial charge in [-0.1, -0.05) is 42.5 Å². The topological polar surface area (TPSA) is 102 Å². The van der Waals surface area contributed by atoms with Crippen molar-refractivity contribution in [2.45, 2.75) is 6.54 Å². The molecule has 0 saturated carbocycles. The molecule has 3 rings (SSSR count). The fraction of sp³-hybridized carbons (Fsp3) is 0.167. The number of nitrogens with one attached hydrogen (secondary N) is 4. The molecule has 1 aromatic heterocycles. The van der Waals surface area contributed by atoms with Crippen LogP contribution < -0.4 is 10.6 Å². The average Bonchev–Trinajstić information content (AvgIpc) is 2.77. The Morgan fingerprint density at radius 3 is 2.61 bits per heavy atom. The van der Waals surface area contributed by atoms with Crippen LogP contribution in [0.15, 0.2) is 85.3 Å². The van der Waals surface area contributed by atoms with E-state index in [-0.39, 0.29) is 5.75 Å². The molecule has 0 spiro atoms. The maximum atomic E-state index is 11.7. The molecule has 31 heavy (non-hydrogen) atoms. The molecule has 160 valence electrons. The Labute approximate surface area is 183 Å². The Hall–Kier alpha value is -3.45. The minimum Gasteiger partial charge on any atom is -0.387 e. The van der Waals surface area contributed by atoms with Crippen LogP contribution in [-0.4, -0.2) is 33.5 Å². The number of hydrogen-bond acceptors (Lipinski definition) is 6. The predicted octanol–water partition coefficient (Wildman–Crippen LogP) is 4.51. The minimum atomic E-state index is -2.57. The Kier molecular flexibility index (Phi) is 7.56. The second-order valence-corrected chi connectivity index (χ2v) is 9.67. The molecule has 1 heterocycles. The zero-order valence-corrected chi connectivity index (χ0v) is 18.3. The van der Waals surface area contributed by atoms with Gasteiger partial charge in [-0.2, -0.15) is 0 Å². The summed E-state index contributed by atoms with van der Waals surface area (Å²) in [6.07, 6.45) is 8.46. The summed E-state index contributed by atoms with van der Waals surface area (Å²) in [5.74, 6) is 0.253. The highest BCUT2D eigenvalue weighted by Crippen LogP contribution is 2.26. The molecule has 6 nitrogen and oxygen atoms in total. The van der Waals surface area contributed by atoms with Crippen molar-refractivity contribution in [1.29, 1.82) is 10.2 Å². The predicted molar refractivity (Wildman–Crippen MR) is 129 cm³/mol. The fourth-order valence-corrected chi connectivity index (χ4v) is 3.51. The summed E-state index contributed by atoms with van der Waals surface area (Å²) >= 11 is 0. The van der Waals surface area contributed by atoms with Gasteiger partial charge in [0, 0.05) is 58.5 Å². The van der Waals surface area contributed by atoms with E-state index in [1.807, 2.05) is 60.7 Å². The van der Waals surface area contributed by atoms with E-state index in [1.54, 1.807) is 24.7 Å². The summed E-state index contributed by atoms with van der Waals surface area (Å²) < 4.78 is 19.3. The first kappa shape index (κ1) is 22.2. The number of hydrogen-bond donors (Lipinski definition) is 4. The SMILES string of the molecule is CS(=N)(=O)CCNc1ccc(-c2ccccc2)cc1C(=N)/C=C\NCc1cccnc1. The molecule has 0 aliphatic heterocycles. The van der Waals surface area contributed by atoms with Crippen molar-refractivity contribution in [3.8, 4) is 11.1 Å². The van der Waals surface area contributed by atoms with E-state index in [2.05, 4.69) is 15.6 Å². The van der Waals surface area contributed by atoms with Crippen molar-refractivity contribution < 1.29 is 4.21 Å². The zero-order valence-electron chi connectivity index (χ0n) is 17.5. The molecule has 4 N–H and O–H groups in total. The van der Waals surface area contributed by atoms with Gasteiger partial charge in [0.15, 0.2) is 0 Å². The standard InChI is InChI=1S/C24H27N5OS/c1-31(26,30)15-14-29-24-10-9-21(20-7-3-2-4-8-20)16-22(24)23(25)11-13-28-18-19-6-5-12-27-17-19/h2-13,16-17,25-26,28-29H,14-15,18H2,1H3/b13-11-,25-23?. The first-order valence-corrected chi connectivity index (χ1v) is 12.1. The fourth-order valence-electron chi connectivity index (χ4n) is 3.02. The Bertz CT molecular complexity index is 1140. The highest BCUT2D eigenvalue weighted by Gasteiger charge is 2.09. The lowest BCUT2D eigenvalue weighted by Gasteiger charge is -2.14. The van der Waals surface area contributed by atoms with Crippen LogP contribution >= 0.6 is 0 Å². The quantitative estimate of drug-likeness (QED) is 0.353. The van der Waals surface area contributed by atoms with Crippen LogP contribution in [0.2, 0.25) is 0 Å². The number of benzene rings is 2. The number of aromatic nitrogens is 1. The van der Waals surface area contributed by atoms with Gasteiger partial charge in [-0.3, -0.25) is 14.0 Å². The molecule has 1 unspecified atom stereocenters. The molecule has 3 aromatic rings. The van der Waals surface area contributed by atoms with E-state index in [0.29, 0.717) is 18.8 Å². The van der Waals surface area contributed by atoms with Crippen LogP contribution in [0.25, 0.3) is 11.1 Å². The van der Waals surface area contributed by atoms with Gasteiger partial charge in [-0.25, -0.2) is 0 Å². The molecule has 7 heteroatoms. The summed E-state index contributed by atoms with van der Waals surface area (Å²) in [4.78, 5) is 4.09. The molecule has 0 radical (unpaired) electrons. The van der Waals surface area contributed by atoms with Gasteiger partial charge in [0.05, 0.1) is 5.71 Å². The van der Waals surface area contributed by atoms with Gasteiger partial charge >= 0.3 is 0 Å². The van der Waals surface area contributed by atoms with E-state index in [1.165, 1.54) is 6.26 Å². The Balaban J connectivity index is 1.77. The number of allylic oxidation sites excluding steroid dienone is 1. The molecule has 0 aliphatic rings. The maximum absolute atomic E-state index is 11.7. The second kappa shape index (κ2) is 10.5. The number of nitrogens with zero attached hydrogens (tertiary/aromatic N) is 1. The zero-order chi connectivity index (χ0) is 22.1. The van der Waals surface area contributed by atoms with Gasteiger partial charge in [-0.05, 0) is 47.2 Å². The van der Waals surface area contributed by atoms with Crippen LogP contribution in [0.1, 0.15) is 11.1 Å². The number of anilines is 1. The van der Waals surface area contributed by atoms with Gasteiger partial charge < -0.3 is 16.0 Å². The molecule has 2 aromatic carbocycles. The molecule has 0 fully saturated rings. The van der Waals surface area contributed by atoms with Crippen molar-refractivity contribution >= 4 is 21.1 Å². The highest BCUT2D eigenvalue weighted by atomic mass is 32.2. The highest BCUT2D eigenvalue weighted by molar-refractivity contribution is 7.91. The van der Waals surface area contributed by atoms with Crippen molar-refractivity contribution in [2.75, 3.05) is 23.9 Å². The van der Waals surface area contributed by atoms with Crippen LogP contribution in [0.3, 0.4) is 0 Å². The molecule has 0 bridgehead atoms. The third-order valence-corrected chi connectivity index (χ3v) is 5.60. The van der Waals surface area contributed by atoms with Crippen LogP contribution in [0.5, 0.6) is 0 Å². The van der Waals surface area contributed by atoms with Crippen LogP contribution in [0, 0.1) is 10.2 Å². The summed E-state index contributed by atoms with van der Waals surface area (Å²) in [6, 6.07) is 19.8. The number of pyridine rings is 1. The van der Waals surface area contributed by atoms with Crippen LogP contribution in [0.4, 0.5) is 5.69 Å². The summed E-state index contributed by atoms with van der Waals surface area (Å²) in [5.41, 5.74) is 5.03. The van der Waals surface area contributed by atoms with Crippen LogP contribution in [-0.2, 0) is 16.3 Å². The van der Waals surface area contributed by atoms with Gasteiger partial charge in [0.1, 0.15) is 0 Å². The average molecular weight is 434 g/mol. The lowest BCUT2D eigenvalue weighted by atomic mass is 9.99. The van der Waals surface area contributed by atoms with E-state index < -0.39 is 9.73 Å². The molecule has 0 amide bonds. The van der Waals surface area contributed by atoms with E-state index in [4.69, 9.17) is 10.2 Å². The summed E-state index contributed by atoms with van der Waals surface area (Å²) in [7, 11) is -2.57. The molecular weight excluding hydrogens is 406 g/mol. The van der Waals surface area contributed by atoms with Gasteiger partial charge in [0.25, 0.3) is 0 Å². The largest absolute Gasteiger partial charge is 0.387 e. The minimum absolute atomic E-state index is 0.253. The molecule has 0 saturated heterocycles. The van der Waals surface area contributed by atoms with Crippen molar-refractivity contribution in [2.24, 2.45) is 0 Å². The van der Waals surface area contributed by atoms with Gasteiger partial charge in [-0.15, -0.1) is 0 Å². The van der Waals surface area contributed by atoms with Gasteiger partial charge in [0.2, 0.25) is 0 Å². The summed E-state index contributed by atoms with van der Waals surface area (Å²) in [6.45, 7) is 1.04. The second-order valence-electron chi connectivity index (χ2n) is 7.25. The third-order valence-electron chi connectivity index (χ3n) is 4.62. The molecular formula is C24H27N5OS. The lowest BCUT2D eigenvalue weighted by molar-refractivity contribution is 0.679. The molecule has 1 atom stereocenters. The van der Waals surface area contributed by atoms with Crippen molar-refractivity contribution in [1.82, 2.24) is 10.3 Å².